The molecule has 2 aromatic rings. The second kappa shape index (κ2) is 4.04. The lowest BCUT2D eigenvalue weighted by Gasteiger charge is -2.18. The summed E-state index contributed by atoms with van der Waals surface area (Å²) in [6, 6.07) is 0.581. The lowest BCUT2D eigenvalue weighted by Crippen LogP contribution is -2.15. The maximum Gasteiger partial charge on any atom is 0.163 e. The van der Waals surface area contributed by atoms with E-state index in [1.165, 1.54) is 25.7 Å². The molecule has 1 saturated carbocycles. The number of fused-ring (bicyclic) bond motifs is 1. The van der Waals surface area contributed by atoms with E-state index in [9.17, 15) is 0 Å². The summed E-state index contributed by atoms with van der Waals surface area (Å²) in [7, 11) is 0. The van der Waals surface area contributed by atoms with Crippen molar-refractivity contribution in [1.29, 1.82) is 0 Å². The molecule has 0 bridgehead atoms. The van der Waals surface area contributed by atoms with Crippen molar-refractivity contribution in [2.75, 3.05) is 0 Å². The van der Waals surface area contributed by atoms with Crippen LogP contribution in [0.3, 0.4) is 0 Å². The summed E-state index contributed by atoms with van der Waals surface area (Å²) in [6.07, 6.45) is 8.77. The molecule has 1 aliphatic rings. The predicted molar refractivity (Wildman–Crippen MR) is 71.5 cm³/mol. The Morgan fingerprint density at radius 2 is 1.83 bits per heavy atom. The van der Waals surface area contributed by atoms with E-state index in [1.54, 1.807) is 6.33 Å². The highest BCUT2D eigenvalue weighted by molar-refractivity contribution is 5.74. The highest BCUT2D eigenvalue weighted by Gasteiger charge is 2.24. The molecule has 0 aliphatic heterocycles. The van der Waals surface area contributed by atoms with Gasteiger partial charge < -0.3 is 4.57 Å². The average Bonchev–Trinajstić information content (AvgIpc) is 2.95. The number of nitrogens with zero attached hydrogens (tertiary/aromatic N) is 4. The first-order valence-corrected chi connectivity index (χ1v) is 6.75. The van der Waals surface area contributed by atoms with Gasteiger partial charge in [0.25, 0.3) is 0 Å². The van der Waals surface area contributed by atoms with Gasteiger partial charge >= 0.3 is 0 Å². The zero-order valence-electron chi connectivity index (χ0n) is 11.3. The van der Waals surface area contributed by atoms with E-state index >= 15 is 0 Å². The van der Waals surface area contributed by atoms with E-state index in [1.807, 2.05) is 6.33 Å². The van der Waals surface area contributed by atoms with Crippen LogP contribution in [0.25, 0.3) is 11.2 Å². The Labute approximate surface area is 107 Å². The first kappa shape index (κ1) is 11.6. The second-order valence-corrected chi connectivity index (χ2v) is 6.23. The van der Waals surface area contributed by atoms with Crippen LogP contribution in [-0.2, 0) is 5.41 Å². The van der Waals surface area contributed by atoms with Crippen LogP contribution in [0.2, 0.25) is 0 Å². The molecule has 2 heterocycles. The smallest absolute Gasteiger partial charge is 0.163 e. The third-order valence-electron chi connectivity index (χ3n) is 3.79. The number of imidazole rings is 1. The van der Waals surface area contributed by atoms with Crippen LogP contribution in [0.4, 0.5) is 0 Å². The van der Waals surface area contributed by atoms with E-state index in [-0.39, 0.29) is 5.41 Å². The minimum Gasteiger partial charge on any atom is -0.312 e. The molecule has 0 N–H and O–H groups in total. The minimum absolute atomic E-state index is 0.00997. The Balaban J connectivity index is 2.14. The van der Waals surface area contributed by atoms with Crippen molar-refractivity contribution in [2.45, 2.75) is 57.9 Å². The lowest BCUT2D eigenvalue weighted by atomic mass is 9.91. The van der Waals surface area contributed by atoms with Gasteiger partial charge in [0.05, 0.1) is 12.0 Å². The van der Waals surface area contributed by atoms with Crippen molar-refractivity contribution >= 4 is 11.2 Å². The van der Waals surface area contributed by atoms with E-state index in [0.717, 1.165) is 16.9 Å². The van der Waals surface area contributed by atoms with Crippen LogP contribution in [0.5, 0.6) is 0 Å². The largest absolute Gasteiger partial charge is 0.312 e. The van der Waals surface area contributed by atoms with E-state index < -0.39 is 0 Å². The normalized spacial score (nSPS) is 17.7. The molecule has 3 rings (SSSR count). The third-order valence-corrected chi connectivity index (χ3v) is 3.79. The predicted octanol–water partition coefficient (Wildman–Crippen LogP) is 3.24. The average molecular weight is 244 g/mol. The summed E-state index contributed by atoms with van der Waals surface area (Å²) in [6.45, 7) is 6.51. The van der Waals surface area contributed by atoms with E-state index in [2.05, 4.69) is 40.3 Å². The number of aromatic nitrogens is 4. The highest BCUT2D eigenvalue weighted by Crippen LogP contribution is 2.33. The van der Waals surface area contributed by atoms with Gasteiger partial charge in [-0.15, -0.1) is 0 Å². The molecule has 0 radical (unpaired) electrons. The summed E-state index contributed by atoms with van der Waals surface area (Å²) < 4.78 is 2.25. The van der Waals surface area contributed by atoms with Crippen LogP contribution in [0, 0.1) is 0 Å². The maximum atomic E-state index is 4.57. The molecule has 18 heavy (non-hydrogen) atoms. The summed E-state index contributed by atoms with van der Waals surface area (Å²) in [5, 5.41) is 0. The molecule has 4 nitrogen and oxygen atoms in total. The molecule has 0 atom stereocenters. The monoisotopic (exact) mass is 244 g/mol. The molecule has 0 aromatic carbocycles. The summed E-state index contributed by atoms with van der Waals surface area (Å²) in [5.74, 6) is 0. The Kier molecular flexibility index (Phi) is 2.61. The molecule has 96 valence electrons. The quantitative estimate of drug-likeness (QED) is 0.773. The van der Waals surface area contributed by atoms with Crippen LogP contribution in [0.1, 0.15) is 58.2 Å². The topological polar surface area (TPSA) is 43.6 Å². The van der Waals surface area contributed by atoms with Gasteiger partial charge in [0.1, 0.15) is 11.8 Å². The Morgan fingerprint density at radius 3 is 2.50 bits per heavy atom. The van der Waals surface area contributed by atoms with Crippen molar-refractivity contribution in [2.24, 2.45) is 0 Å². The van der Waals surface area contributed by atoms with Gasteiger partial charge in [0, 0.05) is 11.5 Å². The fourth-order valence-corrected chi connectivity index (χ4v) is 2.85. The molecule has 4 heteroatoms. The molecule has 0 saturated heterocycles. The fourth-order valence-electron chi connectivity index (χ4n) is 2.85. The van der Waals surface area contributed by atoms with Crippen molar-refractivity contribution in [1.82, 2.24) is 19.5 Å². The van der Waals surface area contributed by atoms with Crippen molar-refractivity contribution in [3.63, 3.8) is 0 Å². The standard InChI is InChI=1S/C14H20N4/c1-14(2,3)12-11-13(16-8-15-12)18(9-17-11)10-6-4-5-7-10/h8-10H,4-7H2,1-3H3. The molecule has 1 fully saturated rings. The Morgan fingerprint density at radius 1 is 1.11 bits per heavy atom. The van der Waals surface area contributed by atoms with E-state index in [0.29, 0.717) is 6.04 Å². The number of hydrogen-bond acceptors (Lipinski definition) is 3. The molecule has 0 spiro atoms. The summed E-state index contributed by atoms with van der Waals surface area (Å²) in [5.41, 5.74) is 3.03. The van der Waals surface area contributed by atoms with Crippen molar-refractivity contribution in [3.05, 3.63) is 18.3 Å². The van der Waals surface area contributed by atoms with Gasteiger partial charge in [-0.05, 0) is 12.8 Å². The van der Waals surface area contributed by atoms with Crippen LogP contribution in [-0.4, -0.2) is 19.5 Å². The third kappa shape index (κ3) is 1.80. The summed E-state index contributed by atoms with van der Waals surface area (Å²) in [4.78, 5) is 13.4. The highest BCUT2D eigenvalue weighted by atomic mass is 15.1. The maximum absolute atomic E-state index is 4.57. The molecule has 2 aromatic heterocycles. The van der Waals surface area contributed by atoms with Gasteiger partial charge in [0.2, 0.25) is 0 Å². The number of hydrogen-bond donors (Lipinski definition) is 0. The van der Waals surface area contributed by atoms with Gasteiger partial charge in [-0.2, -0.15) is 0 Å². The van der Waals surface area contributed by atoms with Crippen LogP contribution < -0.4 is 0 Å². The molecule has 1 aliphatic carbocycles. The van der Waals surface area contributed by atoms with Gasteiger partial charge in [-0.3, -0.25) is 0 Å². The zero-order chi connectivity index (χ0) is 12.8. The SMILES string of the molecule is CC(C)(C)c1ncnc2c1ncn2C1CCCC1. The minimum atomic E-state index is 0.00997. The van der Waals surface area contributed by atoms with Gasteiger partial charge in [0.15, 0.2) is 5.65 Å². The van der Waals surface area contributed by atoms with Crippen LogP contribution >= 0.6 is 0 Å². The Bertz CT molecular complexity index is 559. The summed E-state index contributed by atoms with van der Waals surface area (Å²) >= 11 is 0. The number of rotatable bonds is 1. The lowest BCUT2D eigenvalue weighted by molar-refractivity contribution is 0.528. The van der Waals surface area contributed by atoms with E-state index in [4.69, 9.17) is 0 Å². The molecular formula is C14H20N4. The first-order chi connectivity index (χ1) is 8.57. The molecular weight excluding hydrogens is 224 g/mol. The van der Waals surface area contributed by atoms with Crippen LogP contribution in [0.15, 0.2) is 12.7 Å². The molecule has 0 amide bonds. The second-order valence-electron chi connectivity index (χ2n) is 6.23. The molecule has 0 unspecified atom stereocenters. The zero-order valence-corrected chi connectivity index (χ0v) is 11.3. The van der Waals surface area contributed by atoms with Gasteiger partial charge in [-0.25, -0.2) is 15.0 Å². The van der Waals surface area contributed by atoms with Crippen molar-refractivity contribution in [3.8, 4) is 0 Å². The van der Waals surface area contributed by atoms with Crippen molar-refractivity contribution < 1.29 is 0 Å². The fraction of sp³-hybridized carbons (Fsp3) is 0.643. The first-order valence-electron chi connectivity index (χ1n) is 6.75. The van der Waals surface area contributed by atoms with Gasteiger partial charge in [-0.1, -0.05) is 33.6 Å². The Hall–Kier alpha value is -1.45.